The fourth-order valence-electron chi connectivity index (χ4n) is 2.32. The zero-order valence-corrected chi connectivity index (χ0v) is 13.3. The van der Waals surface area contributed by atoms with Crippen molar-refractivity contribution in [3.8, 4) is 0 Å². The van der Waals surface area contributed by atoms with Gasteiger partial charge in [0.15, 0.2) is 0 Å². The van der Waals surface area contributed by atoms with Gasteiger partial charge in [-0.2, -0.15) is 5.10 Å². The molecule has 21 heavy (non-hydrogen) atoms. The highest BCUT2D eigenvalue weighted by atomic mass is 15.3. The Labute approximate surface area is 127 Å². The average Bonchev–Trinajstić information content (AvgIpc) is 2.90. The van der Waals surface area contributed by atoms with Gasteiger partial charge in [0.1, 0.15) is 12.2 Å². The standard InChI is InChI=1S/C17H26N4/c1-14(2)12-21-17(19-13-20-21)11-18-15(3)9-10-16-7-5-4-6-8-16/h4-8,13-15,18H,9-12H2,1-3H3. The lowest BCUT2D eigenvalue weighted by molar-refractivity contribution is 0.441. The van der Waals surface area contributed by atoms with Crippen LogP contribution in [0, 0.1) is 5.92 Å². The molecule has 4 nitrogen and oxygen atoms in total. The predicted octanol–water partition coefficient (Wildman–Crippen LogP) is 3.05. The molecule has 1 aromatic heterocycles. The fraction of sp³-hybridized carbons (Fsp3) is 0.529. The van der Waals surface area contributed by atoms with E-state index in [1.54, 1.807) is 6.33 Å². The van der Waals surface area contributed by atoms with Crippen molar-refractivity contribution in [2.75, 3.05) is 0 Å². The summed E-state index contributed by atoms with van der Waals surface area (Å²) in [7, 11) is 0. The number of nitrogens with zero attached hydrogens (tertiary/aromatic N) is 3. The lowest BCUT2D eigenvalue weighted by atomic mass is 10.1. The summed E-state index contributed by atoms with van der Waals surface area (Å²) in [6.07, 6.45) is 3.88. The van der Waals surface area contributed by atoms with Crippen molar-refractivity contribution < 1.29 is 0 Å². The van der Waals surface area contributed by atoms with Crippen molar-refractivity contribution in [2.24, 2.45) is 5.92 Å². The Hall–Kier alpha value is -1.68. The molecule has 1 atom stereocenters. The fourth-order valence-corrected chi connectivity index (χ4v) is 2.32. The van der Waals surface area contributed by atoms with Gasteiger partial charge in [-0.25, -0.2) is 9.67 Å². The molecule has 0 aliphatic carbocycles. The quantitative estimate of drug-likeness (QED) is 0.811. The summed E-state index contributed by atoms with van der Waals surface area (Å²) < 4.78 is 2.00. The number of rotatable bonds is 8. The van der Waals surface area contributed by atoms with Crippen LogP contribution in [0.1, 0.15) is 38.6 Å². The van der Waals surface area contributed by atoms with Crippen LogP contribution in [-0.2, 0) is 19.5 Å². The molecule has 0 bridgehead atoms. The number of aromatic nitrogens is 3. The molecule has 1 N–H and O–H groups in total. The van der Waals surface area contributed by atoms with Crippen molar-refractivity contribution in [2.45, 2.75) is 52.7 Å². The predicted molar refractivity (Wildman–Crippen MR) is 85.9 cm³/mol. The van der Waals surface area contributed by atoms with E-state index in [-0.39, 0.29) is 0 Å². The highest BCUT2D eigenvalue weighted by molar-refractivity contribution is 5.14. The molecule has 1 unspecified atom stereocenters. The molecule has 114 valence electrons. The summed E-state index contributed by atoms with van der Waals surface area (Å²) in [6, 6.07) is 11.1. The second-order valence-corrected chi connectivity index (χ2v) is 6.06. The maximum Gasteiger partial charge on any atom is 0.140 e. The highest BCUT2D eigenvalue weighted by Crippen LogP contribution is 2.06. The third kappa shape index (κ3) is 5.31. The first kappa shape index (κ1) is 15.7. The average molecular weight is 286 g/mol. The van der Waals surface area contributed by atoms with Crippen LogP contribution in [0.25, 0.3) is 0 Å². The van der Waals surface area contributed by atoms with Crippen LogP contribution in [0.15, 0.2) is 36.7 Å². The van der Waals surface area contributed by atoms with E-state index < -0.39 is 0 Å². The Kier molecular flexibility index (Phi) is 5.93. The van der Waals surface area contributed by atoms with Crippen molar-refractivity contribution in [3.05, 3.63) is 48.0 Å². The molecular formula is C17H26N4. The van der Waals surface area contributed by atoms with Gasteiger partial charge in [0, 0.05) is 12.6 Å². The minimum absolute atomic E-state index is 0.467. The van der Waals surface area contributed by atoms with Crippen LogP contribution in [0.3, 0.4) is 0 Å². The second kappa shape index (κ2) is 7.93. The third-order valence-electron chi connectivity index (χ3n) is 3.55. The SMILES string of the molecule is CC(C)Cn1ncnc1CNC(C)CCc1ccccc1. The van der Waals surface area contributed by atoms with Gasteiger partial charge in [-0.3, -0.25) is 0 Å². The van der Waals surface area contributed by atoms with Gasteiger partial charge in [-0.1, -0.05) is 44.2 Å². The van der Waals surface area contributed by atoms with Gasteiger partial charge < -0.3 is 5.32 Å². The van der Waals surface area contributed by atoms with Crippen LogP contribution < -0.4 is 5.32 Å². The summed E-state index contributed by atoms with van der Waals surface area (Å²) in [6.45, 7) is 8.33. The smallest absolute Gasteiger partial charge is 0.140 e. The monoisotopic (exact) mass is 286 g/mol. The van der Waals surface area contributed by atoms with E-state index in [9.17, 15) is 0 Å². The van der Waals surface area contributed by atoms with Crippen molar-refractivity contribution >= 4 is 0 Å². The summed E-state index contributed by atoms with van der Waals surface area (Å²) in [4.78, 5) is 4.35. The van der Waals surface area contributed by atoms with Crippen LogP contribution in [0.2, 0.25) is 0 Å². The molecular weight excluding hydrogens is 260 g/mol. The Balaban J connectivity index is 1.76. The van der Waals surface area contributed by atoms with Crippen LogP contribution in [-0.4, -0.2) is 20.8 Å². The van der Waals surface area contributed by atoms with Gasteiger partial charge in [-0.15, -0.1) is 0 Å². The molecule has 0 aliphatic rings. The van der Waals surface area contributed by atoms with E-state index in [1.165, 1.54) is 5.56 Å². The first-order valence-electron chi connectivity index (χ1n) is 7.79. The third-order valence-corrected chi connectivity index (χ3v) is 3.55. The largest absolute Gasteiger partial charge is 0.307 e. The van der Waals surface area contributed by atoms with Gasteiger partial charge in [-0.05, 0) is 31.2 Å². The molecule has 0 saturated carbocycles. The van der Waals surface area contributed by atoms with E-state index in [1.807, 2.05) is 4.68 Å². The topological polar surface area (TPSA) is 42.7 Å². The van der Waals surface area contributed by atoms with Crippen molar-refractivity contribution in [1.82, 2.24) is 20.1 Å². The van der Waals surface area contributed by atoms with Gasteiger partial charge in [0.05, 0.1) is 6.54 Å². The molecule has 1 heterocycles. The van der Waals surface area contributed by atoms with E-state index in [0.29, 0.717) is 12.0 Å². The number of hydrogen-bond acceptors (Lipinski definition) is 3. The molecule has 0 aliphatic heterocycles. The maximum absolute atomic E-state index is 4.35. The first-order valence-corrected chi connectivity index (χ1v) is 7.79. The highest BCUT2D eigenvalue weighted by Gasteiger charge is 2.08. The molecule has 0 saturated heterocycles. The lowest BCUT2D eigenvalue weighted by Crippen LogP contribution is -2.28. The van der Waals surface area contributed by atoms with E-state index in [0.717, 1.165) is 31.8 Å². The van der Waals surface area contributed by atoms with Gasteiger partial charge in [0.25, 0.3) is 0 Å². The number of aryl methyl sites for hydroxylation is 1. The molecule has 4 heteroatoms. The van der Waals surface area contributed by atoms with E-state index >= 15 is 0 Å². The van der Waals surface area contributed by atoms with Gasteiger partial charge in [0.2, 0.25) is 0 Å². The molecule has 0 radical (unpaired) electrons. The van der Waals surface area contributed by atoms with Gasteiger partial charge >= 0.3 is 0 Å². The lowest BCUT2D eigenvalue weighted by Gasteiger charge is -2.14. The summed E-state index contributed by atoms with van der Waals surface area (Å²) in [5, 5.41) is 7.84. The van der Waals surface area contributed by atoms with Crippen molar-refractivity contribution in [3.63, 3.8) is 0 Å². The Morgan fingerprint density at radius 2 is 1.90 bits per heavy atom. The minimum Gasteiger partial charge on any atom is -0.307 e. The number of benzene rings is 1. The zero-order chi connectivity index (χ0) is 15.1. The Morgan fingerprint density at radius 1 is 1.14 bits per heavy atom. The second-order valence-electron chi connectivity index (χ2n) is 6.06. The molecule has 0 fully saturated rings. The van der Waals surface area contributed by atoms with E-state index in [4.69, 9.17) is 0 Å². The Morgan fingerprint density at radius 3 is 2.62 bits per heavy atom. The maximum atomic E-state index is 4.35. The zero-order valence-electron chi connectivity index (χ0n) is 13.3. The molecule has 2 aromatic rings. The Bertz CT molecular complexity index is 519. The minimum atomic E-state index is 0.467. The van der Waals surface area contributed by atoms with Crippen LogP contribution in [0.5, 0.6) is 0 Å². The van der Waals surface area contributed by atoms with E-state index in [2.05, 4.69) is 66.5 Å². The summed E-state index contributed by atoms with van der Waals surface area (Å²) in [5.74, 6) is 1.61. The normalized spacial score (nSPS) is 12.8. The number of hydrogen-bond donors (Lipinski definition) is 1. The van der Waals surface area contributed by atoms with Crippen LogP contribution >= 0.6 is 0 Å². The number of nitrogens with one attached hydrogen (secondary N) is 1. The molecule has 1 aromatic carbocycles. The summed E-state index contributed by atoms with van der Waals surface area (Å²) >= 11 is 0. The molecule has 2 rings (SSSR count). The molecule has 0 spiro atoms. The van der Waals surface area contributed by atoms with Crippen molar-refractivity contribution in [1.29, 1.82) is 0 Å². The van der Waals surface area contributed by atoms with Crippen LogP contribution in [0.4, 0.5) is 0 Å². The molecule has 0 amide bonds. The summed E-state index contributed by atoms with van der Waals surface area (Å²) in [5.41, 5.74) is 1.40. The first-order chi connectivity index (χ1) is 10.1.